The predicted octanol–water partition coefficient (Wildman–Crippen LogP) is 1.27. The maximum atomic E-state index is 11.5. The molecule has 1 aromatic rings. The number of hydrogen-bond donors (Lipinski definition) is 1. The summed E-state index contributed by atoms with van der Waals surface area (Å²) in [6.45, 7) is -0.0588. The molecule has 15 heavy (non-hydrogen) atoms. The van der Waals surface area contributed by atoms with Crippen LogP contribution in [0.3, 0.4) is 0 Å². The molecule has 1 rings (SSSR count). The van der Waals surface area contributed by atoms with Crippen molar-refractivity contribution in [3.63, 3.8) is 0 Å². The van der Waals surface area contributed by atoms with Crippen LogP contribution >= 0.6 is 12.4 Å². The zero-order chi connectivity index (χ0) is 10.6. The number of nitrogens with two attached hydrogens (primary N) is 1. The first-order chi connectivity index (χ1) is 6.74. The molecule has 0 atom stereocenters. The molecule has 0 fully saturated rings. The molecule has 0 saturated heterocycles. The summed E-state index contributed by atoms with van der Waals surface area (Å²) in [5.74, 6) is 0.777. The number of benzene rings is 1. The summed E-state index contributed by atoms with van der Waals surface area (Å²) >= 11 is 0. The van der Waals surface area contributed by atoms with E-state index in [2.05, 4.69) is 0 Å². The van der Waals surface area contributed by atoms with Crippen LogP contribution in [0, 0.1) is 0 Å². The van der Waals surface area contributed by atoms with Crippen molar-refractivity contribution in [3.8, 4) is 11.5 Å². The number of Topliss-reactive ketones (excluding diaryl/α,β-unsaturated/α-hetero) is 1. The van der Waals surface area contributed by atoms with Gasteiger partial charge in [0.25, 0.3) is 0 Å². The van der Waals surface area contributed by atoms with E-state index in [0.717, 1.165) is 0 Å². The van der Waals surface area contributed by atoms with Crippen molar-refractivity contribution in [1.82, 2.24) is 0 Å². The van der Waals surface area contributed by atoms with Crippen LogP contribution in [0.2, 0.25) is 0 Å². The first-order valence-corrected chi connectivity index (χ1v) is 4.18. The van der Waals surface area contributed by atoms with Gasteiger partial charge in [-0.15, -0.1) is 12.4 Å². The Morgan fingerprint density at radius 3 is 2.07 bits per heavy atom. The molecule has 0 unspecified atom stereocenters. The molecule has 0 saturated carbocycles. The zero-order valence-electron chi connectivity index (χ0n) is 8.65. The monoisotopic (exact) mass is 231 g/mol. The Labute approximate surface area is 94.8 Å². The summed E-state index contributed by atoms with van der Waals surface area (Å²) in [6.07, 6.45) is 0. The summed E-state index contributed by atoms with van der Waals surface area (Å²) in [5, 5.41) is 0. The Balaban J connectivity index is 0.00000196. The number of ether oxygens (including phenoxy) is 2. The average Bonchev–Trinajstić information content (AvgIpc) is 2.26. The highest BCUT2D eigenvalue weighted by molar-refractivity contribution is 6.02. The highest BCUT2D eigenvalue weighted by atomic mass is 35.5. The van der Waals surface area contributed by atoms with E-state index in [4.69, 9.17) is 15.2 Å². The van der Waals surface area contributed by atoms with E-state index in [-0.39, 0.29) is 24.7 Å². The fourth-order valence-corrected chi connectivity index (χ4v) is 1.23. The topological polar surface area (TPSA) is 61.5 Å². The van der Waals surface area contributed by atoms with Crippen LogP contribution in [0.15, 0.2) is 18.2 Å². The van der Waals surface area contributed by atoms with Gasteiger partial charge in [0.15, 0.2) is 5.78 Å². The first-order valence-electron chi connectivity index (χ1n) is 4.18. The Bertz CT molecular complexity index is 319. The third-order valence-electron chi connectivity index (χ3n) is 1.89. The van der Waals surface area contributed by atoms with Crippen molar-refractivity contribution in [2.24, 2.45) is 5.73 Å². The fraction of sp³-hybridized carbons (Fsp3) is 0.300. The molecular weight excluding hydrogens is 218 g/mol. The molecule has 0 heterocycles. The third-order valence-corrected chi connectivity index (χ3v) is 1.89. The Kier molecular flexibility index (Phi) is 5.74. The standard InChI is InChI=1S/C10H13NO3.ClH/c1-13-8-4-3-5-9(14-2)10(8)7(12)6-11;/h3-5H,6,11H2,1-2H3;1H. The van der Waals surface area contributed by atoms with Gasteiger partial charge >= 0.3 is 0 Å². The molecule has 0 radical (unpaired) electrons. The highest BCUT2D eigenvalue weighted by Crippen LogP contribution is 2.28. The number of carbonyl (C=O) groups is 1. The molecule has 0 bridgehead atoms. The van der Waals surface area contributed by atoms with Crippen molar-refractivity contribution < 1.29 is 14.3 Å². The summed E-state index contributed by atoms with van der Waals surface area (Å²) in [7, 11) is 3.00. The second-order valence-electron chi connectivity index (χ2n) is 2.66. The second kappa shape index (κ2) is 6.27. The lowest BCUT2D eigenvalue weighted by molar-refractivity contribution is 0.0995. The molecule has 2 N–H and O–H groups in total. The third kappa shape index (κ3) is 2.84. The summed E-state index contributed by atoms with van der Waals surface area (Å²) < 4.78 is 10.1. The number of halogens is 1. The van der Waals surface area contributed by atoms with Gasteiger partial charge in [0.1, 0.15) is 17.1 Å². The van der Waals surface area contributed by atoms with Gasteiger partial charge in [0.05, 0.1) is 20.8 Å². The normalized spacial score (nSPS) is 9.00. The number of carbonyl (C=O) groups excluding carboxylic acids is 1. The molecule has 0 amide bonds. The van der Waals surface area contributed by atoms with Crippen LogP contribution in [0.5, 0.6) is 11.5 Å². The maximum Gasteiger partial charge on any atom is 0.183 e. The lowest BCUT2D eigenvalue weighted by Gasteiger charge is -2.10. The van der Waals surface area contributed by atoms with Crippen LogP contribution in [-0.2, 0) is 0 Å². The van der Waals surface area contributed by atoms with Crippen molar-refractivity contribution in [2.45, 2.75) is 0 Å². The van der Waals surface area contributed by atoms with Crippen LogP contribution in [0.25, 0.3) is 0 Å². The lowest BCUT2D eigenvalue weighted by Crippen LogP contribution is -2.15. The maximum absolute atomic E-state index is 11.5. The zero-order valence-corrected chi connectivity index (χ0v) is 9.47. The highest BCUT2D eigenvalue weighted by Gasteiger charge is 2.15. The SMILES string of the molecule is COc1cccc(OC)c1C(=O)CN.Cl. The minimum absolute atomic E-state index is 0. The van der Waals surface area contributed by atoms with Crippen molar-refractivity contribution in [1.29, 1.82) is 0 Å². The van der Waals surface area contributed by atoms with Gasteiger partial charge in [-0.3, -0.25) is 4.79 Å². The van der Waals surface area contributed by atoms with E-state index in [9.17, 15) is 4.79 Å². The molecule has 5 heteroatoms. The van der Waals surface area contributed by atoms with Crippen molar-refractivity contribution in [2.75, 3.05) is 20.8 Å². The number of rotatable bonds is 4. The van der Waals surface area contributed by atoms with E-state index in [0.29, 0.717) is 17.1 Å². The van der Waals surface area contributed by atoms with Gasteiger partial charge in [-0.2, -0.15) is 0 Å². The summed E-state index contributed by atoms with van der Waals surface area (Å²) in [5.41, 5.74) is 5.69. The van der Waals surface area contributed by atoms with E-state index in [1.54, 1.807) is 18.2 Å². The van der Waals surface area contributed by atoms with Gasteiger partial charge in [-0.1, -0.05) is 6.07 Å². The van der Waals surface area contributed by atoms with Crippen LogP contribution in [-0.4, -0.2) is 26.5 Å². The Morgan fingerprint density at radius 2 is 1.73 bits per heavy atom. The second-order valence-corrected chi connectivity index (χ2v) is 2.66. The van der Waals surface area contributed by atoms with Crippen LogP contribution in [0.4, 0.5) is 0 Å². The summed E-state index contributed by atoms with van der Waals surface area (Å²) in [6, 6.07) is 5.15. The van der Waals surface area contributed by atoms with Gasteiger partial charge in [-0.25, -0.2) is 0 Å². The first kappa shape index (κ1) is 13.7. The molecule has 0 aliphatic heterocycles. The smallest absolute Gasteiger partial charge is 0.183 e. The Morgan fingerprint density at radius 1 is 1.27 bits per heavy atom. The fourth-order valence-electron chi connectivity index (χ4n) is 1.23. The lowest BCUT2D eigenvalue weighted by atomic mass is 10.1. The molecule has 84 valence electrons. The van der Waals surface area contributed by atoms with Crippen molar-refractivity contribution >= 4 is 18.2 Å². The van der Waals surface area contributed by atoms with Crippen LogP contribution in [0.1, 0.15) is 10.4 Å². The van der Waals surface area contributed by atoms with Crippen LogP contribution < -0.4 is 15.2 Å². The predicted molar refractivity (Wildman–Crippen MR) is 60.2 cm³/mol. The molecule has 0 aliphatic rings. The van der Waals surface area contributed by atoms with E-state index in [1.165, 1.54) is 14.2 Å². The quantitative estimate of drug-likeness (QED) is 0.793. The number of methoxy groups -OCH3 is 2. The number of hydrogen-bond acceptors (Lipinski definition) is 4. The van der Waals surface area contributed by atoms with E-state index in [1.807, 2.05) is 0 Å². The number of ketones is 1. The molecule has 0 spiro atoms. The van der Waals surface area contributed by atoms with Gasteiger partial charge in [0.2, 0.25) is 0 Å². The van der Waals surface area contributed by atoms with Gasteiger partial charge in [-0.05, 0) is 12.1 Å². The van der Waals surface area contributed by atoms with Gasteiger partial charge in [0, 0.05) is 0 Å². The Hall–Kier alpha value is -1.26. The molecular formula is C10H14ClNO3. The average molecular weight is 232 g/mol. The molecule has 4 nitrogen and oxygen atoms in total. The van der Waals surface area contributed by atoms with E-state index < -0.39 is 0 Å². The molecule has 1 aromatic carbocycles. The van der Waals surface area contributed by atoms with Crippen molar-refractivity contribution in [3.05, 3.63) is 23.8 Å². The van der Waals surface area contributed by atoms with Gasteiger partial charge < -0.3 is 15.2 Å². The summed E-state index contributed by atoms with van der Waals surface area (Å²) in [4.78, 5) is 11.5. The minimum atomic E-state index is -0.195. The molecule has 0 aromatic heterocycles. The minimum Gasteiger partial charge on any atom is -0.496 e. The van der Waals surface area contributed by atoms with E-state index >= 15 is 0 Å². The molecule has 0 aliphatic carbocycles. The largest absolute Gasteiger partial charge is 0.496 e.